The van der Waals surface area contributed by atoms with Crippen molar-refractivity contribution in [3.05, 3.63) is 17.0 Å². The van der Waals surface area contributed by atoms with Crippen molar-refractivity contribution in [2.24, 2.45) is 5.41 Å². The molecule has 0 saturated carbocycles. The van der Waals surface area contributed by atoms with Gasteiger partial charge in [0.05, 0.1) is 0 Å². The Kier molecular flexibility index (Phi) is 6.01. The van der Waals surface area contributed by atoms with E-state index < -0.39 is 0 Å². The standard InChI is InChI=1S/C14H24ClN3O/c1-10(2)13-17-11(15)8-12(18-13)16-9-14(3,4)6-7-19-5/h8,10H,6-7,9H2,1-5H3,(H,16,17,18). The molecule has 1 heterocycles. The van der Waals surface area contributed by atoms with Gasteiger partial charge >= 0.3 is 0 Å². The number of nitrogens with zero attached hydrogens (tertiary/aromatic N) is 2. The molecule has 1 N–H and O–H groups in total. The summed E-state index contributed by atoms with van der Waals surface area (Å²) in [5.41, 5.74) is 0.144. The molecule has 0 amide bonds. The van der Waals surface area contributed by atoms with E-state index in [2.05, 4.69) is 43.0 Å². The van der Waals surface area contributed by atoms with Crippen LogP contribution in [0.4, 0.5) is 5.82 Å². The van der Waals surface area contributed by atoms with Crippen LogP contribution in [0.15, 0.2) is 6.07 Å². The molecule has 0 atom stereocenters. The zero-order valence-corrected chi connectivity index (χ0v) is 13.2. The second-order valence-corrected chi connectivity index (χ2v) is 6.24. The summed E-state index contributed by atoms with van der Waals surface area (Å²) in [6.07, 6.45) is 0.992. The van der Waals surface area contributed by atoms with Gasteiger partial charge in [0.15, 0.2) is 0 Å². The van der Waals surface area contributed by atoms with E-state index in [4.69, 9.17) is 16.3 Å². The van der Waals surface area contributed by atoms with Gasteiger partial charge in [-0.1, -0.05) is 39.3 Å². The van der Waals surface area contributed by atoms with E-state index in [9.17, 15) is 0 Å². The van der Waals surface area contributed by atoms with Gasteiger partial charge in [-0.15, -0.1) is 0 Å². The number of rotatable bonds is 7. The maximum atomic E-state index is 6.02. The number of aromatic nitrogens is 2. The first-order chi connectivity index (χ1) is 8.84. The first kappa shape index (κ1) is 16.2. The highest BCUT2D eigenvalue weighted by atomic mass is 35.5. The summed E-state index contributed by atoms with van der Waals surface area (Å²) in [7, 11) is 1.72. The maximum absolute atomic E-state index is 6.02. The lowest BCUT2D eigenvalue weighted by molar-refractivity contribution is 0.157. The van der Waals surface area contributed by atoms with E-state index in [1.165, 1.54) is 0 Å². The Morgan fingerprint density at radius 3 is 2.63 bits per heavy atom. The highest BCUT2D eigenvalue weighted by Gasteiger charge is 2.18. The van der Waals surface area contributed by atoms with Crippen LogP contribution in [0.25, 0.3) is 0 Å². The first-order valence-corrected chi connectivity index (χ1v) is 6.99. The summed E-state index contributed by atoms with van der Waals surface area (Å²) in [6.45, 7) is 10.1. The summed E-state index contributed by atoms with van der Waals surface area (Å²) in [5.74, 6) is 1.82. The van der Waals surface area contributed by atoms with Crippen LogP contribution in [0.5, 0.6) is 0 Å². The van der Waals surface area contributed by atoms with Crippen molar-refractivity contribution in [3.8, 4) is 0 Å². The van der Waals surface area contributed by atoms with Gasteiger partial charge in [0.25, 0.3) is 0 Å². The smallest absolute Gasteiger partial charge is 0.135 e. The lowest BCUT2D eigenvalue weighted by atomic mass is 9.90. The molecule has 5 heteroatoms. The van der Waals surface area contributed by atoms with E-state index in [1.54, 1.807) is 13.2 Å². The van der Waals surface area contributed by atoms with Crippen molar-refractivity contribution in [2.75, 3.05) is 25.6 Å². The predicted molar refractivity (Wildman–Crippen MR) is 79.9 cm³/mol. The van der Waals surface area contributed by atoms with Gasteiger partial charge in [-0.2, -0.15) is 0 Å². The molecule has 0 spiro atoms. The Balaban J connectivity index is 2.67. The molecule has 0 aliphatic rings. The van der Waals surface area contributed by atoms with Gasteiger partial charge < -0.3 is 10.1 Å². The third kappa shape index (κ3) is 5.74. The predicted octanol–water partition coefficient (Wildman–Crippen LogP) is 3.73. The summed E-state index contributed by atoms with van der Waals surface area (Å²) >= 11 is 6.02. The summed E-state index contributed by atoms with van der Waals surface area (Å²) in [6, 6.07) is 1.76. The largest absolute Gasteiger partial charge is 0.385 e. The molecule has 1 aromatic rings. The third-order valence-electron chi connectivity index (χ3n) is 2.96. The van der Waals surface area contributed by atoms with Gasteiger partial charge in [0, 0.05) is 32.2 Å². The Labute approximate surface area is 120 Å². The van der Waals surface area contributed by atoms with Crippen molar-refractivity contribution >= 4 is 17.4 Å². The molecule has 0 bridgehead atoms. The Bertz CT molecular complexity index is 408. The topological polar surface area (TPSA) is 47.0 Å². The SMILES string of the molecule is COCCC(C)(C)CNc1cc(Cl)nc(C(C)C)n1. The van der Waals surface area contributed by atoms with Crippen LogP contribution < -0.4 is 5.32 Å². The molecular weight excluding hydrogens is 262 g/mol. The Morgan fingerprint density at radius 1 is 1.37 bits per heavy atom. The highest BCUT2D eigenvalue weighted by Crippen LogP contribution is 2.22. The Morgan fingerprint density at radius 2 is 2.05 bits per heavy atom. The molecule has 19 heavy (non-hydrogen) atoms. The van der Waals surface area contributed by atoms with Crippen LogP contribution in [0.1, 0.15) is 45.9 Å². The zero-order chi connectivity index (χ0) is 14.5. The molecule has 0 aliphatic heterocycles. The van der Waals surface area contributed by atoms with E-state index in [0.29, 0.717) is 5.15 Å². The van der Waals surface area contributed by atoms with Crippen LogP contribution in [-0.4, -0.2) is 30.2 Å². The van der Waals surface area contributed by atoms with Crippen LogP contribution in [0.3, 0.4) is 0 Å². The molecule has 108 valence electrons. The second-order valence-electron chi connectivity index (χ2n) is 5.85. The summed E-state index contributed by atoms with van der Waals surface area (Å²) in [4.78, 5) is 8.70. The zero-order valence-electron chi connectivity index (χ0n) is 12.5. The van der Waals surface area contributed by atoms with Crippen molar-refractivity contribution in [1.82, 2.24) is 9.97 Å². The Hall–Kier alpha value is -0.870. The number of nitrogens with one attached hydrogen (secondary N) is 1. The van der Waals surface area contributed by atoms with Crippen molar-refractivity contribution in [3.63, 3.8) is 0 Å². The fraction of sp³-hybridized carbons (Fsp3) is 0.714. The molecule has 0 radical (unpaired) electrons. The lowest BCUT2D eigenvalue weighted by Crippen LogP contribution is -2.25. The summed E-state index contributed by atoms with van der Waals surface area (Å²) < 4.78 is 5.12. The molecular formula is C14H24ClN3O. The molecule has 0 saturated heterocycles. The highest BCUT2D eigenvalue weighted by molar-refractivity contribution is 6.29. The molecule has 0 aromatic carbocycles. The fourth-order valence-electron chi connectivity index (χ4n) is 1.58. The molecule has 1 rings (SSSR count). The number of ether oxygens (including phenoxy) is 1. The van der Waals surface area contributed by atoms with Crippen LogP contribution in [0.2, 0.25) is 5.15 Å². The maximum Gasteiger partial charge on any atom is 0.135 e. The molecule has 0 aliphatic carbocycles. The monoisotopic (exact) mass is 285 g/mol. The lowest BCUT2D eigenvalue weighted by Gasteiger charge is -2.25. The first-order valence-electron chi connectivity index (χ1n) is 6.61. The average molecular weight is 286 g/mol. The summed E-state index contributed by atoms with van der Waals surface area (Å²) in [5, 5.41) is 3.82. The van der Waals surface area contributed by atoms with Gasteiger partial charge in [-0.3, -0.25) is 0 Å². The van der Waals surface area contributed by atoms with Gasteiger partial charge in [-0.05, 0) is 11.8 Å². The average Bonchev–Trinajstić information content (AvgIpc) is 2.33. The van der Waals surface area contributed by atoms with Crippen molar-refractivity contribution in [2.45, 2.75) is 40.0 Å². The van der Waals surface area contributed by atoms with E-state index in [-0.39, 0.29) is 11.3 Å². The second kappa shape index (κ2) is 7.06. The van der Waals surface area contributed by atoms with Crippen LogP contribution >= 0.6 is 11.6 Å². The van der Waals surface area contributed by atoms with E-state index in [1.807, 2.05) is 0 Å². The minimum atomic E-state index is 0.144. The molecule has 0 unspecified atom stereocenters. The van der Waals surface area contributed by atoms with Gasteiger partial charge in [0.1, 0.15) is 16.8 Å². The van der Waals surface area contributed by atoms with E-state index in [0.717, 1.165) is 31.2 Å². The minimum Gasteiger partial charge on any atom is -0.385 e. The number of hydrogen-bond acceptors (Lipinski definition) is 4. The van der Waals surface area contributed by atoms with Crippen LogP contribution in [0, 0.1) is 5.41 Å². The normalized spacial score (nSPS) is 11.9. The van der Waals surface area contributed by atoms with Crippen molar-refractivity contribution < 1.29 is 4.74 Å². The quantitative estimate of drug-likeness (QED) is 0.776. The van der Waals surface area contributed by atoms with E-state index >= 15 is 0 Å². The van der Waals surface area contributed by atoms with Gasteiger partial charge in [0.2, 0.25) is 0 Å². The molecule has 0 fully saturated rings. The number of hydrogen-bond donors (Lipinski definition) is 1. The molecule has 4 nitrogen and oxygen atoms in total. The molecule has 1 aromatic heterocycles. The number of halogens is 1. The van der Waals surface area contributed by atoms with Crippen LogP contribution in [-0.2, 0) is 4.74 Å². The van der Waals surface area contributed by atoms with Gasteiger partial charge in [-0.25, -0.2) is 9.97 Å². The third-order valence-corrected chi connectivity index (χ3v) is 3.15. The number of anilines is 1. The van der Waals surface area contributed by atoms with Crippen molar-refractivity contribution in [1.29, 1.82) is 0 Å². The minimum absolute atomic E-state index is 0.144. The fourth-order valence-corrected chi connectivity index (χ4v) is 1.77. The number of methoxy groups -OCH3 is 1.